The zero-order valence-corrected chi connectivity index (χ0v) is 8.99. The van der Waals surface area contributed by atoms with Gasteiger partial charge in [0.15, 0.2) is 5.17 Å². The van der Waals surface area contributed by atoms with Gasteiger partial charge < -0.3 is 5.32 Å². The Morgan fingerprint density at radius 1 is 1.69 bits per heavy atom. The third kappa shape index (κ3) is 2.45. The molecule has 1 aliphatic heterocycles. The fourth-order valence-corrected chi connectivity index (χ4v) is 2.46. The number of amidine groups is 1. The maximum Gasteiger partial charge on any atom is 0.157 e. The molecule has 70 valence electrons. The summed E-state index contributed by atoms with van der Waals surface area (Å²) in [6.07, 6.45) is 0. The molecule has 13 heavy (non-hydrogen) atoms. The summed E-state index contributed by atoms with van der Waals surface area (Å²) < 4.78 is 0. The normalized spacial score (nSPS) is 21.6. The van der Waals surface area contributed by atoms with E-state index in [1.54, 1.807) is 23.1 Å². The minimum Gasteiger partial charge on any atom is -0.359 e. The van der Waals surface area contributed by atoms with Crippen LogP contribution in [0.4, 0.5) is 0 Å². The summed E-state index contributed by atoms with van der Waals surface area (Å²) in [6, 6.07) is 0. The molecule has 1 atom stereocenters. The average molecular weight is 213 g/mol. The molecule has 0 bridgehead atoms. The molecule has 0 spiro atoms. The topological polar surface area (TPSA) is 37.3 Å². The molecule has 1 unspecified atom stereocenters. The minimum atomic E-state index is 0.623. The standard InChI is InChI=1S/C8H11N3S2/c1-6-2-9-8(13-6)10-3-7-4-12-5-11-7/h4-6H,2-3H2,1H3,(H,9,10). The lowest BCUT2D eigenvalue weighted by Crippen LogP contribution is -2.18. The Bertz CT molecular complexity index is 294. The van der Waals surface area contributed by atoms with Crippen LogP contribution < -0.4 is 5.32 Å². The number of aromatic nitrogens is 1. The Morgan fingerprint density at radius 2 is 2.62 bits per heavy atom. The van der Waals surface area contributed by atoms with Crippen LogP contribution in [0, 0.1) is 0 Å². The molecule has 1 N–H and O–H groups in total. The molecule has 3 nitrogen and oxygen atoms in total. The summed E-state index contributed by atoms with van der Waals surface area (Å²) in [5.41, 5.74) is 2.94. The summed E-state index contributed by atoms with van der Waals surface area (Å²) in [5, 5.41) is 7.00. The second kappa shape index (κ2) is 4.11. The molecule has 2 rings (SSSR count). The molecule has 0 radical (unpaired) electrons. The quantitative estimate of drug-likeness (QED) is 0.813. The van der Waals surface area contributed by atoms with Crippen molar-refractivity contribution in [1.82, 2.24) is 10.3 Å². The lowest BCUT2D eigenvalue weighted by Gasteiger charge is -2.02. The van der Waals surface area contributed by atoms with Gasteiger partial charge in [-0.2, -0.15) is 0 Å². The van der Waals surface area contributed by atoms with Crippen molar-refractivity contribution in [3.05, 3.63) is 16.6 Å². The van der Waals surface area contributed by atoms with Gasteiger partial charge in [-0.3, -0.25) is 4.99 Å². The first-order valence-corrected chi connectivity index (χ1v) is 5.99. The Labute approximate surface area is 85.7 Å². The van der Waals surface area contributed by atoms with E-state index in [9.17, 15) is 0 Å². The lowest BCUT2D eigenvalue weighted by molar-refractivity contribution is 0.887. The van der Waals surface area contributed by atoms with Crippen LogP contribution in [-0.4, -0.2) is 21.9 Å². The van der Waals surface area contributed by atoms with Crippen LogP contribution in [0.1, 0.15) is 12.6 Å². The average Bonchev–Trinajstić information content (AvgIpc) is 2.71. The van der Waals surface area contributed by atoms with Crippen LogP contribution in [-0.2, 0) is 6.54 Å². The first-order chi connectivity index (χ1) is 6.34. The maximum absolute atomic E-state index is 4.36. The van der Waals surface area contributed by atoms with Crippen LogP contribution in [0.2, 0.25) is 0 Å². The second-order valence-electron chi connectivity index (χ2n) is 2.91. The third-order valence-electron chi connectivity index (χ3n) is 1.71. The highest BCUT2D eigenvalue weighted by atomic mass is 32.2. The molecular formula is C8H11N3S2. The van der Waals surface area contributed by atoms with Crippen molar-refractivity contribution in [2.75, 3.05) is 6.54 Å². The number of aliphatic imine (C=N–C) groups is 1. The fourth-order valence-electron chi connectivity index (χ4n) is 1.07. The molecule has 1 aromatic rings. The van der Waals surface area contributed by atoms with Gasteiger partial charge in [0.25, 0.3) is 0 Å². The smallest absolute Gasteiger partial charge is 0.157 e. The maximum atomic E-state index is 4.36. The van der Waals surface area contributed by atoms with E-state index in [4.69, 9.17) is 0 Å². The minimum absolute atomic E-state index is 0.623. The monoisotopic (exact) mass is 213 g/mol. The molecule has 1 aromatic heterocycles. The van der Waals surface area contributed by atoms with E-state index in [1.165, 1.54) is 0 Å². The summed E-state index contributed by atoms with van der Waals surface area (Å²) >= 11 is 3.43. The molecule has 0 saturated heterocycles. The number of thioether (sulfide) groups is 1. The molecule has 0 amide bonds. The number of nitrogens with one attached hydrogen (secondary N) is 1. The molecule has 0 aromatic carbocycles. The van der Waals surface area contributed by atoms with Gasteiger partial charge in [0.1, 0.15) is 0 Å². The number of rotatable bonds is 2. The first-order valence-electron chi connectivity index (χ1n) is 4.16. The van der Waals surface area contributed by atoms with E-state index in [-0.39, 0.29) is 0 Å². The molecule has 0 aliphatic carbocycles. The van der Waals surface area contributed by atoms with Crippen molar-refractivity contribution < 1.29 is 0 Å². The SMILES string of the molecule is CC1CN=C(NCc2cscn2)S1. The van der Waals surface area contributed by atoms with Crippen LogP contribution >= 0.6 is 23.1 Å². The molecule has 1 aliphatic rings. The number of nitrogens with zero attached hydrogens (tertiary/aromatic N) is 2. The zero-order chi connectivity index (χ0) is 9.10. The Kier molecular flexibility index (Phi) is 2.85. The van der Waals surface area contributed by atoms with Crippen molar-refractivity contribution in [1.29, 1.82) is 0 Å². The van der Waals surface area contributed by atoms with Crippen LogP contribution in [0.15, 0.2) is 15.9 Å². The van der Waals surface area contributed by atoms with E-state index < -0.39 is 0 Å². The molecule has 5 heteroatoms. The molecule has 2 heterocycles. The predicted molar refractivity (Wildman–Crippen MR) is 58.3 cm³/mol. The van der Waals surface area contributed by atoms with Crippen LogP contribution in [0.25, 0.3) is 0 Å². The highest BCUT2D eigenvalue weighted by molar-refractivity contribution is 8.14. The van der Waals surface area contributed by atoms with Gasteiger partial charge in [0, 0.05) is 10.6 Å². The van der Waals surface area contributed by atoms with E-state index in [0.29, 0.717) is 5.25 Å². The van der Waals surface area contributed by atoms with Gasteiger partial charge in [-0.15, -0.1) is 11.3 Å². The van der Waals surface area contributed by atoms with Gasteiger partial charge in [0.2, 0.25) is 0 Å². The first kappa shape index (κ1) is 9.02. The Balaban J connectivity index is 1.81. The number of hydrogen-bond acceptors (Lipinski definition) is 5. The Hall–Kier alpha value is -0.550. The van der Waals surface area contributed by atoms with Crippen LogP contribution in [0.5, 0.6) is 0 Å². The summed E-state index contributed by atoms with van der Waals surface area (Å²) in [4.78, 5) is 8.55. The van der Waals surface area contributed by atoms with Gasteiger partial charge in [0.05, 0.1) is 24.3 Å². The highest BCUT2D eigenvalue weighted by Crippen LogP contribution is 2.18. The van der Waals surface area contributed by atoms with Gasteiger partial charge in [-0.05, 0) is 0 Å². The van der Waals surface area contributed by atoms with Crippen LogP contribution in [0.3, 0.4) is 0 Å². The summed E-state index contributed by atoms with van der Waals surface area (Å²) in [6.45, 7) is 3.91. The third-order valence-corrected chi connectivity index (χ3v) is 3.39. The predicted octanol–water partition coefficient (Wildman–Crippen LogP) is 1.72. The fraction of sp³-hybridized carbons (Fsp3) is 0.500. The van der Waals surface area contributed by atoms with Crippen molar-refractivity contribution in [2.24, 2.45) is 4.99 Å². The molecular weight excluding hydrogens is 202 g/mol. The lowest BCUT2D eigenvalue weighted by atomic mass is 10.5. The Morgan fingerprint density at radius 3 is 3.23 bits per heavy atom. The number of thiazole rings is 1. The van der Waals surface area contributed by atoms with E-state index in [1.807, 2.05) is 5.51 Å². The largest absolute Gasteiger partial charge is 0.359 e. The van der Waals surface area contributed by atoms with Gasteiger partial charge in [-0.25, -0.2) is 4.98 Å². The zero-order valence-electron chi connectivity index (χ0n) is 7.36. The van der Waals surface area contributed by atoms with E-state index in [0.717, 1.165) is 24.0 Å². The van der Waals surface area contributed by atoms with Crippen molar-refractivity contribution in [3.8, 4) is 0 Å². The van der Waals surface area contributed by atoms with Crippen molar-refractivity contribution >= 4 is 28.3 Å². The van der Waals surface area contributed by atoms with Crippen molar-refractivity contribution in [3.63, 3.8) is 0 Å². The van der Waals surface area contributed by atoms with Gasteiger partial charge >= 0.3 is 0 Å². The van der Waals surface area contributed by atoms with Gasteiger partial charge in [-0.1, -0.05) is 18.7 Å². The highest BCUT2D eigenvalue weighted by Gasteiger charge is 2.14. The van der Waals surface area contributed by atoms with Crippen molar-refractivity contribution in [2.45, 2.75) is 18.7 Å². The number of hydrogen-bond donors (Lipinski definition) is 1. The second-order valence-corrected chi connectivity index (χ2v) is 5.05. The summed E-state index contributed by atoms with van der Waals surface area (Å²) in [7, 11) is 0. The van der Waals surface area contributed by atoms with E-state index in [2.05, 4.69) is 27.6 Å². The van der Waals surface area contributed by atoms with E-state index >= 15 is 0 Å². The summed E-state index contributed by atoms with van der Waals surface area (Å²) in [5.74, 6) is 0. The molecule has 0 saturated carbocycles. The molecule has 0 fully saturated rings.